The molecule has 20 heavy (non-hydrogen) atoms. The van der Waals surface area contributed by atoms with E-state index < -0.39 is 24.8 Å². The molecule has 0 aliphatic heterocycles. The largest absolute Gasteiger partial charge is 1.00 e. The van der Waals surface area contributed by atoms with Crippen molar-refractivity contribution in [2.75, 3.05) is 12.3 Å². The van der Waals surface area contributed by atoms with Crippen molar-refractivity contribution >= 4 is 19.1 Å². The number of nitrogens with zero attached hydrogens (tertiary/aromatic N) is 1. The molecule has 0 fully saturated rings. The first kappa shape index (κ1) is 22.8. The Morgan fingerprint density at radius 3 is 2.05 bits per heavy atom. The molecule has 0 heterocycles. The van der Waals surface area contributed by atoms with E-state index in [1.165, 1.54) is 4.57 Å². The van der Waals surface area contributed by atoms with Crippen LogP contribution in [0, 0.1) is 5.92 Å². The van der Waals surface area contributed by atoms with Crippen LogP contribution in [0.2, 0.25) is 0 Å². The van der Waals surface area contributed by atoms with Crippen molar-refractivity contribution in [1.29, 1.82) is 0 Å². The summed E-state index contributed by atoms with van der Waals surface area (Å²) in [6.45, 7) is 5.82. The molecule has 0 amide bonds. The molecule has 0 saturated carbocycles. The van der Waals surface area contributed by atoms with Gasteiger partial charge in [-0.05, 0) is 31.7 Å². The zero-order valence-electron chi connectivity index (χ0n) is 12.6. The summed E-state index contributed by atoms with van der Waals surface area (Å²) in [4.78, 5) is 28.2. The minimum absolute atomic E-state index is 0. The maximum atomic E-state index is 10.6. The molecule has 0 spiro atoms. The van der Waals surface area contributed by atoms with E-state index in [0.29, 0.717) is 12.8 Å². The van der Waals surface area contributed by atoms with Gasteiger partial charge in [-0.2, -0.15) is 0 Å². The molecule has 0 saturated heterocycles. The average molecular weight is 321 g/mol. The fourth-order valence-electron chi connectivity index (χ4n) is 2.16. The minimum atomic E-state index is -4.41. The van der Waals surface area contributed by atoms with Crippen molar-refractivity contribution in [2.24, 2.45) is 5.92 Å². The third kappa shape index (κ3) is 10.3. The van der Waals surface area contributed by atoms with E-state index in [1.54, 1.807) is 6.92 Å². The molecule has 0 bridgehead atoms. The first-order valence-corrected chi connectivity index (χ1v) is 9.71. The Morgan fingerprint density at radius 1 is 1.25 bits per heavy atom. The Hall–Kier alpha value is 0.564. The molecule has 3 N–H and O–H groups in total. The van der Waals surface area contributed by atoms with Crippen LogP contribution in [0.1, 0.15) is 40.0 Å². The molecule has 0 rings (SSSR count). The molecule has 7 nitrogen and oxygen atoms in total. The molecule has 116 valence electrons. The van der Waals surface area contributed by atoms with E-state index in [1.807, 2.05) is 13.8 Å². The predicted molar refractivity (Wildman–Crippen MR) is 71.8 cm³/mol. The number of rotatable bonds is 9. The summed E-state index contributed by atoms with van der Waals surface area (Å²) >= 11 is 0. The van der Waals surface area contributed by atoms with E-state index in [9.17, 15) is 27.4 Å². The number of hydrogen-bond acceptors (Lipinski definition) is 7. The van der Waals surface area contributed by atoms with Gasteiger partial charge in [-0.1, -0.05) is 20.8 Å². The zero-order chi connectivity index (χ0) is 15.3. The quantitative estimate of drug-likeness (QED) is 0.297. The summed E-state index contributed by atoms with van der Waals surface area (Å²) in [5.74, 6) is -0.227. The maximum absolute atomic E-state index is 10.6. The van der Waals surface area contributed by atoms with Gasteiger partial charge in [0.1, 0.15) is 0 Å². The van der Waals surface area contributed by atoms with Gasteiger partial charge < -0.3 is 18.9 Å². The van der Waals surface area contributed by atoms with Crippen LogP contribution in [-0.2, 0) is 10.1 Å². The second-order valence-electron chi connectivity index (χ2n) is 5.07. The first-order valence-electron chi connectivity index (χ1n) is 6.34. The van der Waals surface area contributed by atoms with Crippen LogP contribution in [0.3, 0.4) is 0 Å². The summed E-state index contributed by atoms with van der Waals surface area (Å²) in [5, 5.41) is 0. The molecule has 0 aromatic rings. The van der Waals surface area contributed by atoms with E-state index in [0.717, 1.165) is 0 Å². The van der Waals surface area contributed by atoms with Crippen molar-refractivity contribution in [3.8, 4) is 0 Å². The van der Waals surface area contributed by atoms with Gasteiger partial charge >= 0.3 is 27.8 Å². The summed E-state index contributed by atoms with van der Waals surface area (Å²) in [7, 11) is -8.67. The van der Waals surface area contributed by atoms with E-state index in [4.69, 9.17) is 0 Å². The topological polar surface area (TPSA) is 121 Å². The molecule has 0 aliphatic rings. The van der Waals surface area contributed by atoms with Gasteiger partial charge in [0.05, 0.1) is 10.1 Å². The molecular formula is C10H24LiNO6SSi. The zero-order valence-corrected chi connectivity index (χ0v) is 14.4. The molecule has 0 radical (unpaired) electrons. The first-order chi connectivity index (χ1) is 8.47. The fourth-order valence-corrected chi connectivity index (χ4v) is 3.82. The minimum Gasteiger partial charge on any atom is -0.748 e. The summed E-state index contributed by atoms with van der Waals surface area (Å²) in [6, 6.07) is -0.349. The van der Waals surface area contributed by atoms with Gasteiger partial charge in [-0.3, -0.25) is 4.57 Å². The van der Waals surface area contributed by atoms with Crippen molar-refractivity contribution in [1.82, 2.24) is 4.57 Å². The van der Waals surface area contributed by atoms with Gasteiger partial charge in [-0.25, -0.2) is 8.42 Å². The van der Waals surface area contributed by atoms with E-state index in [-0.39, 0.29) is 43.8 Å². The van der Waals surface area contributed by atoms with Crippen LogP contribution in [0.5, 0.6) is 0 Å². The summed E-state index contributed by atoms with van der Waals surface area (Å²) in [5.41, 5.74) is 0. The Labute approximate surface area is 134 Å². The monoisotopic (exact) mass is 321 g/mol. The fraction of sp³-hybridized carbons (Fsp3) is 1.00. The smallest absolute Gasteiger partial charge is 0.748 e. The van der Waals surface area contributed by atoms with Crippen LogP contribution < -0.4 is 18.9 Å². The Morgan fingerprint density at radius 2 is 1.75 bits per heavy atom. The second kappa shape index (κ2) is 9.55. The Kier molecular flexibility index (Phi) is 10.9. The molecule has 0 aliphatic carbocycles. The maximum Gasteiger partial charge on any atom is 1.00 e. The number of hydrogen-bond donors (Lipinski definition) is 3. The van der Waals surface area contributed by atoms with Crippen LogP contribution in [0.15, 0.2) is 0 Å². The van der Waals surface area contributed by atoms with Gasteiger partial charge in [0.15, 0.2) is 0 Å². The predicted octanol–water partition coefficient (Wildman–Crippen LogP) is -3.54. The summed E-state index contributed by atoms with van der Waals surface area (Å²) in [6.07, 6.45) is 1.05. The van der Waals surface area contributed by atoms with Crippen LogP contribution >= 0.6 is 0 Å². The Bertz CT molecular complexity index is 359. The normalized spacial score (nSPS) is 14.4. The SMILES string of the molecule is CCN(C(CCCS(=O)(=O)[O-])CC(C)C)[Si](O)(O)O.[Li+]. The van der Waals surface area contributed by atoms with E-state index >= 15 is 0 Å². The molecule has 1 atom stereocenters. The van der Waals surface area contributed by atoms with Gasteiger partial charge in [0.2, 0.25) is 0 Å². The summed E-state index contributed by atoms with van der Waals surface area (Å²) < 4.78 is 32.9. The van der Waals surface area contributed by atoms with Crippen molar-refractivity contribution < 1.29 is 46.2 Å². The standard InChI is InChI=1S/C10H25NO6SSi.Li/c1-4-11(19(15,16)17)10(8-9(2)3)6-5-7-18(12,13)14;/h9-10,15-17H,4-8H2,1-3H3,(H,12,13,14);/q;+1/p-1. The van der Waals surface area contributed by atoms with Crippen LogP contribution in [0.4, 0.5) is 0 Å². The molecule has 10 heteroatoms. The van der Waals surface area contributed by atoms with Crippen molar-refractivity contribution in [2.45, 2.75) is 46.1 Å². The van der Waals surface area contributed by atoms with E-state index in [2.05, 4.69) is 0 Å². The van der Waals surface area contributed by atoms with Crippen LogP contribution in [0.25, 0.3) is 0 Å². The van der Waals surface area contributed by atoms with Crippen molar-refractivity contribution in [3.05, 3.63) is 0 Å². The van der Waals surface area contributed by atoms with Crippen LogP contribution in [-0.4, -0.2) is 59.2 Å². The molecule has 0 aromatic carbocycles. The Balaban J connectivity index is 0. The van der Waals surface area contributed by atoms with Gasteiger partial charge in [0, 0.05) is 11.8 Å². The molecular weight excluding hydrogens is 297 g/mol. The average Bonchev–Trinajstić information content (AvgIpc) is 2.12. The van der Waals surface area contributed by atoms with Gasteiger partial charge in [0.25, 0.3) is 0 Å². The second-order valence-corrected chi connectivity index (χ2v) is 8.37. The van der Waals surface area contributed by atoms with Gasteiger partial charge in [-0.15, -0.1) is 0 Å². The third-order valence-electron chi connectivity index (χ3n) is 2.84. The molecule has 0 aromatic heterocycles. The van der Waals surface area contributed by atoms with Crippen molar-refractivity contribution in [3.63, 3.8) is 0 Å². The molecule has 1 unspecified atom stereocenters. The third-order valence-corrected chi connectivity index (χ3v) is 5.08.